The van der Waals surface area contributed by atoms with Crippen LogP contribution in [0, 0.1) is 5.82 Å². The van der Waals surface area contributed by atoms with Crippen molar-refractivity contribution in [1.29, 1.82) is 0 Å². The summed E-state index contributed by atoms with van der Waals surface area (Å²) in [6.07, 6.45) is 2.36. The van der Waals surface area contributed by atoms with Crippen LogP contribution in [0.2, 0.25) is 10.0 Å². The lowest BCUT2D eigenvalue weighted by molar-refractivity contribution is -0.141. The van der Waals surface area contributed by atoms with Crippen LogP contribution in [0.3, 0.4) is 0 Å². The highest BCUT2D eigenvalue weighted by molar-refractivity contribution is 7.92. The fourth-order valence-electron chi connectivity index (χ4n) is 3.81. The van der Waals surface area contributed by atoms with Gasteiger partial charge in [0.1, 0.15) is 11.9 Å². The molecule has 7 nitrogen and oxygen atoms in total. The van der Waals surface area contributed by atoms with Gasteiger partial charge in [0, 0.05) is 35.6 Å². The van der Waals surface area contributed by atoms with Gasteiger partial charge < -0.3 is 10.2 Å². The maximum atomic E-state index is 13.5. The minimum atomic E-state index is -3.67. The largest absolute Gasteiger partial charge is 0.352 e. The molecule has 0 saturated heterocycles. The van der Waals surface area contributed by atoms with Crippen molar-refractivity contribution in [2.75, 3.05) is 17.1 Å². The smallest absolute Gasteiger partial charge is 0.243 e. The van der Waals surface area contributed by atoms with E-state index in [2.05, 4.69) is 5.32 Å². The second-order valence-electron chi connectivity index (χ2n) is 8.91. The predicted octanol–water partition coefficient (Wildman–Crippen LogP) is 5.40. The fraction of sp³-hybridized carbons (Fsp3) is 0.462. The number of nitrogens with zero attached hydrogens (tertiary/aromatic N) is 2. The Bertz CT molecular complexity index is 1180. The summed E-state index contributed by atoms with van der Waals surface area (Å²) in [5.74, 6) is -1.06. The summed E-state index contributed by atoms with van der Waals surface area (Å²) >= 11 is 12.4. The van der Waals surface area contributed by atoms with Crippen molar-refractivity contribution in [3.63, 3.8) is 0 Å². The van der Waals surface area contributed by atoms with Crippen molar-refractivity contribution in [2.45, 2.75) is 65.1 Å². The van der Waals surface area contributed by atoms with E-state index in [1.54, 1.807) is 18.2 Å². The molecule has 2 aromatic carbocycles. The number of rotatable bonds is 13. The molecule has 0 aromatic heterocycles. The van der Waals surface area contributed by atoms with E-state index < -0.39 is 21.9 Å². The third kappa shape index (κ3) is 9.16. The lowest BCUT2D eigenvalue weighted by Gasteiger charge is -2.32. The van der Waals surface area contributed by atoms with E-state index in [1.165, 1.54) is 29.2 Å². The predicted molar refractivity (Wildman–Crippen MR) is 147 cm³/mol. The second kappa shape index (κ2) is 14.0. The molecule has 2 aromatic rings. The molecule has 204 valence electrons. The topological polar surface area (TPSA) is 86.8 Å². The zero-order valence-electron chi connectivity index (χ0n) is 21.5. The Morgan fingerprint density at radius 3 is 2.24 bits per heavy atom. The van der Waals surface area contributed by atoms with Crippen molar-refractivity contribution in [2.24, 2.45) is 0 Å². The van der Waals surface area contributed by atoms with Crippen LogP contribution in [-0.4, -0.2) is 50.0 Å². The number of nitrogens with one attached hydrogen (secondary N) is 1. The average Bonchev–Trinajstić information content (AvgIpc) is 2.82. The molecule has 0 spiro atoms. The molecule has 2 rings (SSSR count). The zero-order chi connectivity index (χ0) is 27.8. The van der Waals surface area contributed by atoms with Crippen LogP contribution in [0.5, 0.6) is 0 Å². The number of benzene rings is 2. The highest BCUT2D eigenvalue weighted by Crippen LogP contribution is 2.25. The molecule has 1 N–H and O–H groups in total. The summed E-state index contributed by atoms with van der Waals surface area (Å²) in [4.78, 5) is 28.0. The molecule has 2 amide bonds. The SMILES string of the molecule is CCC(C)NC(=O)C(CC)N(Cc1ccc(Cl)cc1Cl)C(=O)CCCN(c1ccc(F)cc1)S(C)(=O)=O. The van der Waals surface area contributed by atoms with E-state index in [9.17, 15) is 22.4 Å². The third-order valence-corrected chi connectivity index (χ3v) is 7.79. The van der Waals surface area contributed by atoms with Gasteiger partial charge in [0.2, 0.25) is 21.8 Å². The van der Waals surface area contributed by atoms with Crippen molar-refractivity contribution < 1.29 is 22.4 Å². The number of hydrogen-bond donors (Lipinski definition) is 1. The molecule has 0 aliphatic carbocycles. The van der Waals surface area contributed by atoms with E-state index in [4.69, 9.17) is 23.2 Å². The van der Waals surface area contributed by atoms with E-state index in [-0.39, 0.29) is 43.8 Å². The molecule has 0 fully saturated rings. The first-order valence-corrected chi connectivity index (χ1v) is 14.7. The van der Waals surface area contributed by atoms with Crippen LogP contribution in [0.25, 0.3) is 0 Å². The highest BCUT2D eigenvalue weighted by atomic mass is 35.5. The Morgan fingerprint density at radius 2 is 1.70 bits per heavy atom. The monoisotopic (exact) mass is 573 g/mol. The van der Waals surface area contributed by atoms with E-state index >= 15 is 0 Å². The highest BCUT2D eigenvalue weighted by Gasteiger charge is 2.30. The van der Waals surface area contributed by atoms with Gasteiger partial charge in [-0.25, -0.2) is 12.8 Å². The molecular formula is C26H34Cl2FN3O4S. The Kier molecular flexibility index (Phi) is 11.7. The molecule has 0 aliphatic heterocycles. The molecule has 0 aliphatic rings. The summed E-state index contributed by atoms with van der Waals surface area (Å²) in [7, 11) is -3.67. The molecule has 2 unspecified atom stereocenters. The van der Waals surface area contributed by atoms with Crippen molar-refractivity contribution >= 4 is 50.7 Å². The minimum Gasteiger partial charge on any atom is -0.352 e. The summed E-state index contributed by atoms with van der Waals surface area (Å²) in [6, 6.07) is 9.26. The quantitative estimate of drug-likeness (QED) is 0.347. The number of sulfonamides is 1. The summed E-state index contributed by atoms with van der Waals surface area (Å²) < 4.78 is 39.2. The number of anilines is 1. The maximum Gasteiger partial charge on any atom is 0.243 e. The van der Waals surface area contributed by atoms with Gasteiger partial charge >= 0.3 is 0 Å². The Labute approximate surface area is 229 Å². The minimum absolute atomic E-state index is 0.00840. The van der Waals surface area contributed by atoms with Gasteiger partial charge in [-0.2, -0.15) is 0 Å². The van der Waals surface area contributed by atoms with Crippen LogP contribution in [-0.2, 0) is 26.2 Å². The summed E-state index contributed by atoms with van der Waals surface area (Å²) in [5.41, 5.74) is 0.943. The second-order valence-corrected chi connectivity index (χ2v) is 11.7. The third-order valence-electron chi connectivity index (χ3n) is 6.01. The Hall–Kier alpha value is -2.36. The van der Waals surface area contributed by atoms with E-state index in [0.29, 0.717) is 27.7 Å². The molecule has 0 saturated carbocycles. The van der Waals surface area contributed by atoms with Gasteiger partial charge in [0.05, 0.1) is 11.9 Å². The van der Waals surface area contributed by atoms with E-state index in [1.807, 2.05) is 20.8 Å². The molecule has 37 heavy (non-hydrogen) atoms. The van der Waals surface area contributed by atoms with Crippen LogP contribution >= 0.6 is 23.2 Å². The van der Waals surface area contributed by atoms with Crippen LogP contribution in [0.4, 0.5) is 10.1 Å². The van der Waals surface area contributed by atoms with Crippen LogP contribution in [0.15, 0.2) is 42.5 Å². The van der Waals surface area contributed by atoms with Gasteiger partial charge in [0.15, 0.2) is 0 Å². The van der Waals surface area contributed by atoms with Crippen LogP contribution in [0.1, 0.15) is 52.0 Å². The van der Waals surface area contributed by atoms with Gasteiger partial charge in [-0.15, -0.1) is 0 Å². The lowest BCUT2D eigenvalue weighted by atomic mass is 10.1. The lowest BCUT2D eigenvalue weighted by Crippen LogP contribution is -2.50. The van der Waals surface area contributed by atoms with Crippen molar-refractivity contribution in [1.82, 2.24) is 10.2 Å². The molecule has 0 radical (unpaired) electrons. The van der Waals surface area contributed by atoms with Crippen molar-refractivity contribution in [3.05, 3.63) is 63.9 Å². The molecule has 0 bridgehead atoms. The first-order chi connectivity index (χ1) is 17.4. The summed E-state index contributed by atoms with van der Waals surface area (Å²) in [6.45, 7) is 5.78. The normalized spacial score (nSPS) is 13.1. The average molecular weight is 575 g/mol. The Balaban J connectivity index is 2.25. The Morgan fingerprint density at radius 1 is 1.05 bits per heavy atom. The number of carbonyl (C=O) groups is 2. The fourth-order valence-corrected chi connectivity index (χ4v) is 5.24. The number of carbonyl (C=O) groups excluding carboxylic acids is 2. The maximum absolute atomic E-state index is 13.5. The number of hydrogen-bond acceptors (Lipinski definition) is 4. The molecule has 2 atom stereocenters. The molecular weight excluding hydrogens is 540 g/mol. The van der Waals surface area contributed by atoms with Gasteiger partial charge in [-0.05, 0) is 68.1 Å². The molecule has 11 heteroatoms. The molecule has 0 heterocycles. The first-order valence-electron chi connectivity index (χ1n) is 12.1. The van der Waals surface area contributed by atoms with Crippen molar-refractivity contribution in [3.8, 4) is 0 Å². The van der Waals surface area contributed by atoms with Gasteiger partial charge in [-0.3, -0.25) is 13.9 Å². The van der Waals surface area contributed by atoms with E-state index in [0.717, 1.165) is 17.0 Å². The number of halogens is 3. The van der Waals surface area contributed by atoms with Crippen LogP contribution < -0.4 is 9.62 Å². The van der Waals surface area contributed by atoms with Gasteiger partial charge in [-0.1, -0.05) is 43.1 Å². The number of amides is 2. The standard InChI is InChI=1S/C26H34Cl2FN3O4S/c1-5-18(3)30-26(34)24(6-2)31(17-19-9-10-20(27)16-23(19)28)25(33)8-7-15-32(37(4,35)36)22-13-11-21(29)12-14-22/h9-14,16,18,24H,5-8,15,17H2,1-4H3,(H,30,34). The summed E-state index contributed by atoms with van der Waals surface area (Å²) in [5, 5.41) is 3.77. The first kappa shape index (κ1) is 30.9. The van der Waals surface area contributed by atoms with Gasteiger partial charge in [0.25, 0.3) is 0 Å². The zero-order valence-corrected chi connectivity index (χ0v) is 23.8.